The maximum absolute atomic E-state index is 12.4. The minimum absolute atomic E-state index is 0.0217. The van der Waals surface area contributed by atoms with Crippen LogP contribution in [-0.2, 0) is 11.2 Å². The topological polar surface area (TPSA) is 70.7 Å². The summed E-state index contributed by atoms with van der Waals surface area (Å²) in [7, 11) is 0. The van der Waals surface area contributed by atoms with Crippen molar-refractivity contribution in [3.8, 4) is 0 Å². The Balaban J connectivity index is 1.35. The zero-order chi connectivity index (χ0) is 19.3. The van der Waals surface area contributed by atoms with Crippen LogP contribution in [0.5, 0.6) is 0 Å². The van der Waals surface area contributed by atoms with Crippen LogP contribution in [0.4, 0.5) is 0 Å². The number of hydrogen-bond acceptors (Lipinski definition) is 4. The number of carbonyl (C=O) groups is 1. The second kappa shape index (κ2) is 8.44. The van der Waals surface area contributed by atoms with Crippen LogP contribution in [0.15, 0.2) is 66.0 Å². The lowest BCUT2D eigenvalue weighted by molar-refractivity contribution is -0.119. The highest BCUT2D eigenvalue weighted by atomic mass is 32.2. The van der Waals surface area contributed by atoms with Crippen LogP contribution in [0, 0.1) is 0 Å². The second-order valence-electron chi connectivity index (χ2n) is 6.85. The predicted octanol–water partition coefficient (Wildman–Crippen LogP) is 4.34. The molecule has 1 atom stereocenters. The molecule has 0 radical (unpaired) electrons. The van der Waals surface area contributed by atoms with E-state index in [4.69, 9.17) is 0 Å². The monoisotopic (exact) mass is 390 g/mol. The van der Waals surface area contributed by atoms with Gasteiger partial charge in [-0.1, -0.05) is 60.3 Å². The van der Waals surface area contributed by atoms with Crippen LogP contribution in [0.2, 0.25) is 0 Å². The van der Waals surface area contributed by atoms with Gasteiger partial charge in [-0.15, -0.1) is 0 Å². The summed E-state index contributed by atoms with van der Waals surface area (Å²) < 4.78 is 0. The Hall–Kier alpha value is -2.86. The molecule has 1 amide bonds. The lowest BCUT2D eigenvalue weighted by atomic mass is 10.1. The lowest BCUT2D eigenvalue weighted by Crippen LogP contribution is -2.34. The van der Waals surface area contributed by atoms with E-state index in [2.05, 4.69) is 32.4 Å². The van der Waals surface area contributed by atoms with Crippen molar-refractivity contribution in [2.75, 3.05) is 5.75 Å². The summed E-state index contributed by atoms with van der Waals surface area (Å²) in [6.45, 7) is 2.05. The van der Waals surface area contributed by atoms with Crippen molar-refractivity contribution < 1.29 is 4.79 Å². The Morgan fingerprint density at radius 1 is 1.11 bits per heavy atom. The summed E-state index contributed by atoms with van der Waals surface area (Å²) >= 11 is 1.44. The first-order chi connectivity index (χ1) is 13.7. The van der Waals surface area contributed by atoms with E-state index in [-0.39, 0.29) is 11.9 Å². The van der Waals surface area contributed by atoms with Crippen molar-refractivity contribution in [2.45, 2.75) is 30.8 Å². The first-order valence-corrected chi connectivity index (χ1v) is 10.4. The van der Waals surface area contributed by atoms with Gasteiger partial charge >= 0.3 is 0 Å². The molecule has 5 nitrogen and oxygen atoms in total. The van der Waals surface area contributed by atoms with Gasteiger partial charge in [0.25, 0.3) is 0 Å². The van der Waals surface area contributed by atoms with Crippen molar-refractivity contribution in [3.63, 3.8) is 0 Å². The van der Waals surface area contributed by atoms with E-state index in [1.54, 1.807) is 6.33 Å². The van der Waals surface area contributed by atoms with E-state index < -0.39 is 0 Å². The Labute approximate surface area is 168 Å². The van der Waals surface area contributed by atoms with E-state index in [9.17, 15) is 4.79 Å². The molecule has 0 fully saturated rings. The molecule has 6 heteroatoms. The number of benzene rings is 2. The third-order valence-corrected chi connectivity index (χ3v) is 5.70. The van der Waals surface area contributed by atoms with Crippen LogP contribution in [0.1, 0.15) is 18.9 Å². The van der Waals surface area contributed by atoms with Crippen LogP contribution < -0.4 is 5.32 Å². The third-order valence-electron chi connectivity index (χ3n) is 4.71. The minimum atomic E-state index is 0.0217. The number of thioether (sulfide) groups is 1. The Morgan fingerprint density at radius 3 is 2.75 bits per heavy atom. The molecule has 0 saturated heterocycles. The molecule has 0 aliphatic rings. The highest BCUT2D eigenvalue weighted by Crippen LogP contribution is 2.29. The molecule has 2 aromatic heterocycles. The van der Waals surface area contributed by atoms with Gasteiger partial charge in [-0.25, -0.2) is 9.97 Å². The van der Waals surface area contributed by atoms with E-state index >= 15 is 0 Å². The molecule has 2 N–H and O–H groups in total. The minimum Gasteiger partial charge on any atom is -0.353 e. The first kappa shape index (κ1) is 18.5. The van der Waals surface area contributed by atoms with E-state index in [0.29, 0.717) is 5.75 Å². The highest BCUT2D eigenvalue weighted by molar-refractivity contribution is 8.00. The Kier molecular flexibility index (Phi) is 5.58. The molecule has 142 valence electrons. The van der Waals surface area contributed by atoms with Crippen LogP contribution in [0.3, 0.4) is 0 Å². The quantitative estimate of drug-likeness (QED) is 0.364. The molecule has 4 aromatic rings. The third kappa shape index (κ3) is 4.17. The van der Waals surface area contributed by atoms with Gasteiger partial charge in [0.1, 0.15) is 16.9 Å². The van der Waals surface area contributed by atoms with Gasteiger partial charge in [-0.05, 0) is 31.4 Å². The Bertz CT molecular complexity index is 1090. The van der Waals surface area contributed by atoms with Crippen LogP contribution >= 0.6 is 11.8 Å². The number of H-pyrrole nitrogens is 1. The standard InChI is InChI=1S/C22H22N4OS/c1-15(11-12-16-7-3-2-4-8-16)25-19(27)13-28-22-21-20(23-14-24-22)17-9-5-6-10-18(17)26-21/h2-10,14-15,26H,11-13H2,1H3,(H,25,27)/t15-/m1/s1. The fraction of sp³-hybridized carbons (Fsp3) is 0.227. The number of para-hydroxylation sites is 1. The van der Waals surface area contributed by atoms with E-state index in [1.807, 2.05) is 49.4 Å². The molecule has 0 aliphatic heterocycles. The maximum atomic E-state index is 12.4. The summed E-state index contributed by atoms with van der Waals surface area (Å²) in [4.78, 5) is 24.5. The number of fused-ring (bicyclic) bond motifs is 3. The van der Waals surface area contributed by atoms with E-state index in [1.165, 1.54) is 17.3 Å². The van der Waals surface area contributed by atoms with Gasteiger partial charge in [-0.2, -0.15) is 0 Å². The maximum Gasteiger partial charge on any atom is 0.230 e. The molecule has 0 aliphatic carbocycles. The number of nitrogens with zero attached hydrogens (tertiary/aromatic N) is 2. The molecule has 0 bridgehead atoms. The number of hydrogen-bond donors (Lipinski definition) is 2. The summed E-state index contributed by atoms with van der Waals surface area (Å²) in [5.41, 5.74) is 4.10. The van der Waals surface area contributed by atoms with Gasteiger partial charge in [0.05, 0.1) is 11.3 Å². The molecular formula is C22H22N4OS. The van der Waals surface area contributed by atoms with Crippen molar-refractivity contribution in [1.29, 1.82) is 0 Å². The summed E-state index contributed by atoms with van der Waals surface area (Å²) in [6.07, 6.45) is 3.43. The number of aromatic nitrogens is 3. The lowest BCUT2D eigenvalue weighted by Gasteiger charge is -2.13. The smallest absolute Gasteiger partial charge is 0.230 e. The summed E-state index contributed by atoms with van der Waals surface area (Å²) in [6, 6.07) is 18.5. The van der Waals surface area contributed by atoms with Crippen molar-refractivity contribution >= 4 is 39.6 Å². The summed E-state index contributed by atoms with van der Waals surface area (Å²) in [5, 5.41) is 4.95. The van der Waals surface area contributed by atoms with Gasteiger partial charge in [-0.3, -0.25) is 4.79 Å². The highest BCUT2D eigenvalue weighted by Gasteiger charge is 2.13. The normalized spacial score (nSPS) is 12.3. The predicted molar refractivity (Wildman–Crippen MR) is 114 cm³/mol. The molecule has 0 saturated carbocycles. The van der Waals surface area contributed by atoms with E-state index in [0.717, 1.165) is 39.8 Å². The molecule has 2 aromatic carbocycles. The fourth-order valence-electron chi connectivity index (χ4n) is 3.28. The van der Waals surface area contributed by atoms with Crippen molar-refractivity contribution in [1.82, 2.24) is 20.3 Å². The zero-order valence-electron chi connectivity index (χ0n) is 15.7. The fourth-order valence-corrected chi connectivity index (χ4v) is 4.04. The summed E-state index contributed by atoms with van der Waals surface area (Å²) in [5.74, 6) is 0.352. The molecular weight excluding hydrogens is 368 g/mol. The number of aromatic amines is 1. The molecule has 2 heterocycles. The van der Waals surface area contributed by atoms with Crippen LogP contribution in [-0.4, -0.2) is 32.7 Å². The number of nitrogens with one attached hydrogen (secondary N) is 2. The number of carbonyl (C=O) groups excluding carboxylic acids is 1. The number of aryl methyl sites for hydroxylation is 1. The first-order valence-electron chi connectivity index (χ1n) is 9.38. The van der Waals surface area contributed by atoms with Gasteiger partial charge < -0.3 is 10.3 Å². The number of amides is 1. The SMILES string of the molecule is C[C@H](CCc1ccccc1)NC(=O)CSc1ncnc2c1[nH]c1ccccc12. The average Bonchev–Trinajstić information content (AvgIpc) is 3.11. The number of rotatable bonds is 7. The molecule has 4 rings (SSSR count). The van der Waals surface area contributed by atoms with Crippen molar-refractivity contribution in [2.24, 2.45) is 0 Å². The van der Waals surface area contributed by atoms with Crippen LogP contribution in [0.25, 0.3) is 21.9 Å². The molecule has 0 unspecified atom stereocenters. The van der Waals surface area contributed by atoms with Gasteiger partial charge in [0.2, 0.25) is 5.91 Å². The largest absolute Gasteiger partial charge is 0.353 e. The van der Waals surface area contributed by atoms with Gasteiger partial charge in [0, 0.05) is 16.9 Å². The second-order valence-corrected chi connectivity index (χ2v) is 7.82. The van der Waals surface area contributed by atoms with Gasteiger partial charge in [0.15, 0.2) is 0 Å². The zero-order valence-corrected chi connectivity index (χ0v) is 16.5. The molecule has 28 heavy (non-hydrogen) atoms. The Morgan fingerprint density at radius 2 is 1.89 bits per heavy atom. The van der Waals surface area contributed by atoms with Crippen molar-refractivity contribution in [3.05, 3.63) is 66.5 Å². The molecule has 0 spiro atoms. The average molecular weight is 391 g/mol.